The zero-order chi connectivity index (χ0) is 14.8. The van der Waals surface area contributed by atoms with Gasteiger partial charge in [0.05, 0.1) is 18.8 Å². The van der Waals surface area contributed by atoms with Crippen LogP contribution in [0.3, 0.4) is 0 Å². The van der Waals surface area contributed by atoms with E-state index in [1.165, 1.54) is 12.8 Å². The van der Waals surface area contributed by atoms with Crippen molar-refractivity contribution in [1.82, 2.24) is 4.90 Å². The molecule has 2 saturated heterocycles. The standard InChI is InChI=1S/C17H23NO3/c1-3-20-17-7-4-13(12(2)19)8-14(17)9-18-10-15-5-6-16(11-18)21-15/h4,7-8,15-16H,3,5-6,9-11H2,1-2H3. The van der Waals surface area contributed by atoms with Gasteiger partial charge in [0.25, 0.3) is 0 Å². The smallest absolute Gasteiger partial charge is 0.159 e. The summed E-state index contributed by atoms with van der Waals surface area (Å²) in [6.45, 7) is 7.01. The molecule has 21 heavy (non-hydrogen) atoms. The predicted octanol–water partition coefficient (Wildman–Crippen LogP) is 2.65. The minimum Gasteiger partial charge on any atom is -0.494 e. The molecule has 4 heteroatoms. The average Bonchev–Trinajstić information content (AvgIpc) is 2.80. The van der Waals surface area contributed by atoms with Crippen LogP contribution in [0.4, 0.5) is 0 Å². The molecule has 0 saturated carbocycles. The first-order chi connectivity index (χ1) is 10.2. The van der Waals surface area contributed by atoms with E-state index in [-0.39, 0.29) is 5.78 Å². The molecule has 1 aromatic carbocycles. The van der Waals surface area contributed by atoms with Gasteiger partial charge in [0.2, 0.25) is 0 Å². The molecule has 2 heterocycles. The fourth-order valence-corrected chi connectivity index (χ4v) is 3.29. The molecule has 3 rings (SSSR count). The van der Waals surface area contributed by atoms with Gasteiger partial charge in [-0.3, -0.25) is 9.69 Å². The molecule has 0 spiro atoms. The number of hydrogen-bond donors (Lipinski definition) is 0. The first kappa shape index (κ1) is 14.5. The van der Waals surface area contributed by atoms with E-state index in [0.717, 1.165) is 36.5 Å². The van der Waals surface area contributed by atoms with Gasteiger partial charge in [-0.2, -0.15) is 0 Å². The fraction of sp³-hybridized carbons (Fsp3) is 0.588. The van der Waals surface area contributed by atoms with Crippen LogP contribution >= 0.6 is 0 Å². The highest BCUT2D eigenvalue weighted by Gasteiger charge is 2.33. The zero-order valence-electron chi connectivity index (χ0n) is 12.8. The maximum absolute atomic E-state index is 11.6. The quantitative estimate of drug-likeness (QED) is 0.781. The Kier molecular flexibility index (Phi) is 4.27. The van der Waals surface area contributed by atoms with Crippen LogP contribution in [-0.2, 0) is 11.3 Å². The lowest BCUT2D eigenvalue weighted by Crippen LogP contribution is -2.42. The molecule has 0 aliphatic carbocycles. The summed E-state index contributed by atoms with van der Waals surface area (Å²) in [5, 5.41) is 0. The van der Waals surface area contributed by atoms with Gasteiger partial charge in [-0.25, -0.2) is 0 Å². The van der Waals surface area contributed by atoms with Crippen molar-refractivity contribution in [3.05, 3.63) is 29.3 Å². The van der Waals surface area contributed by atoms with E-state index in [0.29, 0.717) is 18.8 Å². The summed E-state index contributed by atoms with van der Waals surface area (Å²) in [6.07, 6.45) is 3.12. The molecule has 0 N–H and O–H groups in total. The van der Waals surface area contributed by atoms with Crippen LogP contribution in [0.1, 0.15) is 42.6 Å². The first-order valence-corrected chi connectivity index (χ1v) is 7.80. The maximum atomic E-state index is 11.6. The number of Topliss-reactive ketones (excluding diaryl/α,β-unsaturated/α-hetero) is 1. The lowest BCUT2D eigenvalue weighted by atomic mass is 10.1. The second-order valence-electron chi connectivity index (χ2n) is 5.96. The molecule has 0 aromatic heterocycles. The van der Waals surface area contributed by atoms with Crippen molar-refractivity contribution >= 4 is 5.78 Å². The van der Waals surface area contributed by atoms with E-state index in [1.807, 2.05) is 25.1 Å². The van der Waals surface area contributed by atoms with Gasteiger partial charge >= 0.3 is 0 Å². The number of ether oxygens (including phenoxy) is 2. The van der Waals surface area contributed by atoms with Crippen molar-refractivity contribution in [3.63, 3.8) is 0 Å². The summed E-state index contributed by atoms with van der Waals surface area (Å²) in [6, 6.07) is 5.75. The van der Waals surface area contributed by atoms with Crippen molar-refractivity contribution in [2.24, 2.45) is 0 Å². The molecule has 2 bridgehead atoms. The predicted molar refractivity (Wildman–Crippen MR) is 80.8 cm³/mol. The van der Waals surface area contributed by atoms with Gasteiger partial charge in [-0.15, -0.1) is 0 Å². The molecule has 2 unspecified atom stereocenters. The Morgan fingerprint density at radius 2 is 2.05 bits per heavy atom. The number of hydrogen-bond acceptors (Lipinski definition) is 4. The minimum absolute atomic E-state index is 0.0985. The molecule has 2 fully saturated rings. The summed E-state index contributed by atoms with van der Waals surface area (Å²) < 4.78 is 11.6. The summed E-state index contributed by atoms with van der Waals surface area (Å²) in [7, 11) is 0. The highest BCUT2D eigenvalue weighted by molar-refractivity contribution is 5.94. The third-order valence-electron chi connectivity index (χ3n) is 4.28. The molecule has 0 amide bonds. The lowest BCUT2D eigenvalue weighted by Gasteiger charge is -2.32. The zero-order valence-corrected chi connectivity index (χ0v) is 12.8. The number of rotatable bonds is 5. The minimum atomic E-state index is 0.0985. The van der Waals surface area contributed by atoms with Crippen LogP contribution in [-0.4, -0.2) is 42.6 Å². The van der Waals surface area contributed by atoms with E-state index >= 15 is 0 Å². The molecule has 2 aliphatic rings. The Balaban J connectivity index is 1.78. The van der Waals surface area contributed by atoms with E-state index < -0.39 is 0 Å². The Labute approximate surface area is 126 Å². The number of morpholine rings is 1. The Hall–Kier alpha value is -1.39. The Morgan fingerprint density at radius 1 is 1.33 bits per heavy atom. The molecular formula is C17H23NO3. The maximum Gasteiger partial charge on any atom is 0.159 e. The van der Waals surface area contributed by atoms with Crippen molar-refractivity contribution in [2.75, 3.05) is 19.7 Å². The monoisotopic (exact) mass is 289 g/mol. The number of carbonyl (C=O) groups is 1. The van der Waals surface area contributed by atoms with Gasteiger partial charge in [0, 0.05) is 30.8 Å². The average molecular weight is 289 g/mol. The Bertz CT molecular complexity index is 517. The van der Waals surface area contributed by atoms with Crippen LogP contribution in [0.25, 0.3) is 0 Å². The van der Waals surface area contributed by atoms with Crippen molar-refractivity contribution < 1.29 is 14.3 Å². The SMILES string of the molecule is CCOc1ccc(C(C)=O)cc1CN1CC2CCC(C1)O2. The highest BCUT2D eigenvalue weighted by Crippen LogP contribution is 2.29. The second kappa shape index (κ2) is 6.16. The summed E-state index contributed by atoms with van der Waals surface area (Å²) in [5.74, 6) is 0.989. The number of ketones is 1. The molecular weight excluding hydrogens is 266 g/mol. The van der Waals surface area contributed by atoms with Gasteiger partial charge in [-0.05, 0) is 44.9 Å². The highest BCUT2D eigenvalue weighted by atomic mass is 16.5. The van der Waals surface area contributed by atoms with Crippen LogP contribution in [0.15, 0.2) is 18.2 Å². The first-order valence-electron chi connectivity index (χ1n) is 7.80. The Morgan fingerprint density at radius 3 is 2.67 bits per heavy atom. The molecule has 2 atom stereocenters. The number of carbonyl (C=O) groups excluding carboxylic acids is 1. The van der Waals surface area contributed by atoms with E-state index in [2.05, 4.69) is 4.90 Å². The van der Waals surface area contributed by atoms with Crippen molar-refractivity contribution in [3.8, 4) is 5.75 Å². The van der Waals surface area contributed by atoms with Crippen LogP contribution in [0, 0.1) is 0 Å². The van der Waals surface area contributed by atoms with Gasteiger partial charge in [0.15, 0.2) is 5.78 Å². The molecule has 114 valence electrons. The van der Waals surface area contributed by atoms with Gasteiger partial charge in [-0.1, -0.05) is 0 Å². The number of likely N-dealkylation sites (tertiary alicyclic amines) is 1. The summed E-state index contributed by atoms with van der Waals surface area (Å²) >= 11 is 0. The van der Waals surface area contributed by atoms with E-state index in [4.69, 9.17) is 9.47 Å². The fourth-order valence-electron chi connectivity index (χ4n) is 3.29. The van der Waals surface area contributed by atoms with Crippen LogP contribution in [0.2, 0.25) is 0 Å². The lowest BCUT2D eigenvalue weighted by molar-refractivity contribution is -0.0412. The molecule has 0 radical (unpaired) electrons. The molecule has 1 aromatic rings. The van der Waals surface area contributed by atoms with Crippen molar-refractivity contribution in [2.45, 2.75) is 45.4 Å². The third kappa shape index (κ3) is 3.27. The van der Waals surface area contributed by atoms with E-state index in [1.54, 1.807) is 6.92 Å². The normalized spacial score (nSPS) is 25.0. The number of benzene rings is 1. The molecule has 2 aliphatic heterocycles. The molecule has 4 nitrogen and oxygen atoms in total. The second-order valence-corrected chi connectivity index (χ2v) is 5.96. The van der Waals surface area contributed by atoms with Crippen LogP contribution < -0.4 is 4.74 Å². The number of nitrogens with zero attached hydrogens (tertiary/aromatic N) is 1. The number of fused-ring (bicyclic) bond motifs is 2. The van der Waals surface area contributed by atoms with Gasteiger partial charge < -0.3 is 9.47 Å². The van der Waals surface area contributed by atoms with Crippen molar-refractivity contribution in [1.29, 1.82) is 0 Å². The van der Waals surface area contributed by atoms with Crippen LogP contribution in [0.5, 0.6) is 5.75 Å². The summed E-state index contributed by atoms with van der Waals surface area (Å²) in [5.41, 5.74) is 1.86. The van der Waals surface area contributed by atoms with E-state index in [9.17, 15) is 4.79 Å². The largest absolute Gasteiger partial charge is 0.494 e. The third-order valence-corrected chi connectivity index (χ3v) is 4.28. The summed E-state index contributed by atoms with van der Waals surface area (Å²) in [4.78, 5) is 14.0. The van der Waals surface area contributed by atoms with Gasteiger partial charge in [0.1, 0.15) is 5.75 Å². The topological polar surface area (TPSA) is 38.8 Å².